The molecule has 3 aliphatic rings. The van der Waals surface area contributed by atoms with Crippen LogP contribution < -0.4 is 5.32 Å². The molecule has 0 radical (unpaired) electrons. The first-order valence-corrected chi connectivity index (χ1v) is 9.02. The van der Waals surface area contributed by atoms with Gasteiger partial charge in [-0.05, 0) is 52.6 Å². The predicted molar refractivity (Wildman–Crippen MR) is 94.0 cm³/mol. The van der Waals surface area contributed by atoms with Crippen molar-refractivity contribution in [3.05, 3.63) is 0 Å². The highest BCUT2D eigenvalue weighted by Gasteiger charge is 2.35. The van der Waals surface area contributed by atoms with Gasteiger partial charge < -0.3 is 15.0 Å². The van der Waals surface area contributed by atoms with Gasteiger partial charge >= 0.3 is 0 Å². The molecule has 0 aromatic carbocycles. The Morgan fingerprint density at radius 2 is 1.78 bits per heavy atom. The van der Waals surface area contributed by atoms with Gasteiger partial charge in [0.2, 0.25) is 5.91 Å². The van der Waals surface area contributed by atoms with E-state index in [-0.39, 0.29) is 18.3 Å². The van der Waals surface area contributed by atoms with Gasteiger partial charge in [-0.25, -0.2) is 0 Å². The van der Waals surface area contributed by atoms with Gasteiger partial charge in [0.05, 0.1) is 12.2 Å². The molecular formula is C17H32ClN3O2. The maximum Gasteiger partial charge on any atom is 0.226 e. The number of nitrogens with one attached hydrogen (secondary N) is 1. The van der Waals surface area contributed by atoms with Gasteiger partial charge in [-0.2, -0.15) is 0 Å². The summed E-state index contributed by atoms with van der Waals surface area (Å²) in [5.41, 5.74) is 0. The molecule has 0 aromatic rings. The van der Waals surface area contributed by atoms with Crippen molar-refractivity contribution in [3.63, 3.8) is 0 Å². The average Bonchev–Trinajstić information content (AvgIpc) is 2.94. The Labute approximate surface area is 146 Å². The highest BCUT2D eigenvalue weighted by atomic mass is 35.5. The summed E-state index contributed by atoms with van der Waals surface area (Å²) in [6.45, 7) is 10.3. The fourth-order valence-electron chi connectivity index (χ4n) is 4.35. The van der Waals surface area contributed by atoms with E-state index in [9.17, 15) is 4.79 Å². The zero-order chi connectivity index (χ0) is 15.5. The molecule has 1 N–H and O–H groups in total. The van der Waals surface area contributed by atoms with Crippen molar-refractivity contribution in [2.45, 2.75) is 57.8 Å². The van der Waals surface area contributed by atoms with E-state index in [2.05, 4.69) is 29.0 Å². The number of carbonyl (C=O) groups excluding carboxylic acids is 1. The van der Waals surface area contributed by atoms with Crippen LogP contribution >= 0.6 is 12.4 Å². The van der Waals surface area contributed by atoms with Gasteiger partial charge in [0.15, 0.2) is 0 Å². The van der Waals surface area contributed by atoms with Crippen LogP contribution in [0.4, 0.5) is 0 Å². The number of ether oxygens (including phenoxy) is 1. The van der Waals surface area contributed by atoms with Crippen molar-refractivity contribution in [2.75, 3.05) is 39.3 Å². The summed E-state index contributed by atoms with van der Waals surface area (Å²) < 4.78 is 5.82. The molecule has 0 aliphatic carbocycles. The maximum atomic E-state index is 12.8. The standard InChI is InChI=1S/C17H31N3O2.ClH/c1-13-10-19(11-14(2)22-13)12-16-4-3-9-20(16)17(21)15-5-7-18-8-6-15;/h13-16,18H,3-12H2,1-2H3;1H. The quantitative estimate of drug-likeness (QED) is 0.842. The smallest absolute Gasteiger partial charge is 0.226 e. The van der Waals surface area contributed by atoms with E-state index in [1.807, 2.05) is 0 Å². The minimum absolute atomic E-state index is 0. The Hall–Kier alpha value is -0.360. The van der Waals surface area contributed by atoms with Crippen molar-refractivity contribution >= 4 is 18.3 Å². The molecule has 3 rings (SSSR count). The summed E-state index contributed by atoms with van der Waals surface area (Å²) in [5, 5.41) is 3.35. The fraction of sp³-hybridized carbons (Fsp3) is 0.941. The summed E-state index contributed by atoms with van der Waals surface area (Å²) >= 11 is 0. The highest BCUT2D eigenvalue weighted by Crippen LogP contribution is 2.25. The molecule has 3 atom stereocenters. The number of carbonyl (C=O) groups is 1. The topological polar surface area (TPSA) is 44.8 Å². The lowest BCUT2D eigenvalue weighted by molar-refractivity contribution is -0.138. The molecule has 3 aliphatic heterocycles. The molecule has 1 amide bonds. The molecule has 0 spiro atoms. The Balaban J connectivity index is 0.00000192. The first-order chi connectivity index (χ1) is 10.6. The largest absolute Gasteiger partial charge is 0.373 e. The second kappa shape index (κ2) is 8.65. The van der Waals surface area contributed by atoms with E-state index in [4.69, 9.17) is 4.74 Å². The van der Waals surface area contributed by atoms with Crippen LogP contribution in [0, 0.1) is 5.92 Å². The number of hydrogen-bond donors (Lipinski definition) is 1. The lowest BCUT2D eigenvalue weighted by Crippen LogP contribution is -2.52. The SMILES string of the molecule is CC1CN(CC2CCCN2C(=O)C2CCNCC2)CC(C)O1.Cl. The Kier molecular flexibility index (Phi) is 7.14. The summed E-state index contributed by atoms with van der Waals surface area (Å²) in [6.07, 6.45) is 4.95. The van der Waals surface area contributed by atoms with Crippen LogP contribution in [0.15, 0.2) is 0 Å². The lowest BCUT2D eigenvalue weighted by Gasteiger charge is -2.39. The third-order valence-electron chi connectivity index (χ3n) is 5.31. The molecule has 6 heteroatoms. The van der Waals surface area contributed by atoms with Gasteiger partial charge in [0.25, 0.3) is 0 Å². The average molecular weight is 346 g/mol. The number of nitrogens with zero attached hydrogens (tertiary/aromatic N) is 2. The highest BCUT2D eigenvalue weighted by molar-refractivity contribution is 5.85. The molecule has 3 saturated heterocycles. The second-order valence-electron chi connectivity index (χ2n) is 7.33. The zero-order valence-corrected chi connectivity index (χ0v) is 15.3. The van der Waals surface area contributed by atoms with Crippen LogP contribution in [0.1, 0.15) is 39.5 Å². The van der Waals surface area contributed by atoms with Crippen LogP contribution in [0.3, 0.4) is 0 Å². The first kappa shape index (κ1) is 19.0. The van der Waals surface area contributed by atoms with Crippen molar-refractivity contribution in [3.8, 4) is 0 Å². The van der Waals surface area contributed by atoms with E-state index in [1.165, 1.54) is 0 Å². The molecule has 134 valence electrons. The van der Waals surface area contributed by atoms with Crippen LogP contribution in [0.5, 0.6) is 0 Å². The van der Waals surface area contributed by atoms with Crippen molar-refractivity contribution in [1.29, 1.82) is 0 Å². The zero-order valence-electron chi connectivity index (χ0n) is 14.5. The lowest BCUT2D eigenvalue weighted by atomic mass is 9.96. The molecule has 23 heavy (non-hydrogen) atoms. The normalized spacial score (nSPS) is 33.5. The molecule has 0 bridgehead atoms. The van der Waals surface area contributed by atoms with E-state index in [1.54, 1.807) is 0 Å². The Bertz CT molecular complexity index is 380. The molecule has 3 unspecified atom stereocenters. The number of likely N-dealkylation sites (tertiary alicyclic amines) is 1. The monoisotopic (exact) mass is 345 g/mol. The van der Waals surface area contributed by atoms with Gasteiger partial charge in [0.1, 0.15) is 0 Å². The van der Waals surface area contributed by atoms with Crippen LogP contribution in [0.25, 0.3) is 0 Å². The number of morpholine rings is 1. The van der Waals surface area contributed by atoms with E-state index >= 15 is 0 Å². The van der Waals surface area contributed by atoms with Gasteiger partial charge in [-0.1, -0.05) is 0 Å². The summed E-state index contributed by atoms with van der Waals surface area (Å²) in [7, 11) is 0. The van der Waals surface area contributed by atoms with Crippen LogP contribution in [0.2, 0.25) is 0 Å². The first-order valence-electron chi connectivity index (χ1n) is 9.02. The van der Waals surface area contributed by atoms with Crippen LogP contribution in [-0.2, 0) is 9.53 Å². The third-order valence-corrected chi connectivity index (χ3v) is 5.31. The van der Waals surface area contributed by atoms with Gasteiger partial charge in [0, 0.05) is 38.1 Å². The van der Waals surface area contributed by atoms with Crippen molar-refractivity contribution in [2.24, 2.45) is 5.92 Å². The number of rotatable bonds is 3. The molecule has 3 heterocycles. The number of hydrogen-bond acceptors (Lipinski definition) is 4. The van der Waals surface area contributed by atoms with Gasteiger partial charge in [-0.15, -0.1) is 12.4 Å². The number of amides is 1. The van der Waals surface area contributed by atoms with Crippen LogP contribution in [-0.4, -0.2) is 73.2 Å². The van der Waals surface area contributed by atoms with E-state index < -0.39 is 0 Å². The summed E-state index contributed by atoms with van der Waals surface area (Å²) in [6, 6.07) is 0.417. The molecule has 0 saturated carbocycles. The maximum absolute atomic E-state index is 12.8. The molecular weight excluding hydrogens is 314 g/mol. The number of halogens is 1. The molecule has 3 fully saturated rings. The second-order valence-corrected chi connectivity index (χ2v) is 7.33. The number of piperidine rings is 1. The predicted octanol–water partition coefficient (Wildman–Crippen LogP) is 1.51. The molecule has 0 aromatic heterocycles. The van der Waals surface area contributed by atoms with E-state index in [0.717, 1.165) is 65.0 Å². The fourth-order valence-corrected chi connectivity index (χ4v) is 4.35. The minimum Gasteiger partial charge on any atom is -0.373 e. The van der Waals surface area contributed by atoms with E-state index in [0.29, 0.717) is 24.2 Å². The Morgan fingerprint density at radius 1 is 1.13 bits per heavy atom. The summed E-state index contributed by atoms with van der Waals surface area (Å²) in [5.74, 6) is 0.669. The third kappa shape index (κ3) is 4.81. The van der Waals surface area contributed by atoms with Crippen molar-refractivity contribution < 1.29 is 9.53 Å². The Morgan fingerprint density at radius 3 is 2.43 bits per heavy atom. The minimum atomic E-state index is 0. The van der Waals surface area contributed by atoms with Gasteiger partial charge in [-0.3, -0.25) is 9.69 Å². The summed E-state index contributed by atoms with van der Waals surface area (Å²) in [4.78, 5) is 17.5. The molecule has 5 nitrogen and oxygen atoms in total. The van der Waals surface area contributed by atoms with Crippen molar-refractivity contribution in [1.82, 2.24) is 15.1 Å².